The van der Waals surface area contributed by atoms with Crippen molar-refractivity contribution in [1.29, 1.82) is 0 Å². The van der Waals surface area contributed by atoms with Crippen molar-refractivity contribution in [3.05, 3.63) is 510 Å². The SMILES string of the molecule is c1ccc(-c2nc(-c3ccc4ccccc4c3)nc(-c3ccc4cccc(-n5c6ccccc6c6ccccc65)c4c3)n2)cc1.c1ccc2cc(-c3nc(-c4ccc(-c5ccc(-n6c7ccccc7c7ccccc76)cc5)cc4)nc(-c4ccc5ccccc5c4)n3)ccc2c1.c1ccc2cc(-c3nc(-c4ccc5ccccc5c4)nc(-c4cccc5ccc(-n6c7ccccc7c7ccccc76)cc45)n3)ccc2c1. The molecule has 0 bridgehead atoms. The molecule has 29 rings (SSSR count). The maximum absolute atomic E-state index is 5.18. The normalized spacial score (nSPS) is 11.6. The Labute approximate surface area is 833 Å². The predicted molar refractivity (Wildman–Crippen MR) is 599 cm³/mol. The van der Waals surface area contributed by atoms with Crippen molar-refractivity contribution in [1.82, 2.24) is 58.6 Å². The van der Waals surface area contributed by atoms with Gasteiger partial charge in [-0.15, -0.1) is 0 Å². The van der Waals surface area contributed by atoms with E-state index in [1.165, 1.54) is 92.3 Å². The number of rotatable bonds is 13. The molecule has 6 aromatic heterocycles. The van der Waals surface area contributed by atoms with Crippen LogP contribution in [0, 0.1) is 0 Å². The van der Waals surface area contributed by atoms with Gasteiger partial charge in [-0.25, -0.2) is 44.9 Å². The molecule has 676 valence electrons. The summed E-state index contributed by atoms with van der Waals surface area (Å²) >= 11 is 0. The van der Waals surface area contributed by atoms with Crippen LogP contribution in [0.4, 0.5) is 0 Å². The van der Waals surface area contributed by atoms with Crippen molar-refractivity contribution in [2.45, 2.75) is 0 Å². The van der Waals surface area contributed by atoms with Gasteiger partial charge in [0.25, 0.3) is 0 Å². The lowest BCUT2D eigenvalue weighted by molar-refractivity contribution is 1.07. The molecule has 0 saturated carbocycles. The topological polar surface area (TPSA) is 131 Å². The van der Waals surface area contributed by atoms with Gasteiger partial charge in [0.05, 0.1) is 38.8 Å². The first kappa shape index (κ1) is 84.6. The lowest BCUT2D eigenvalue weighted by Crippen LogP contribution is -2.01. The van der Waals surface area contributed by atoms with Crippen molar-refractivity contribution in [3.8, 4) is 131 Å². The molecule has 6 heterocycles. The van der Waals surface area contributed by atoms with Crippen LogP contribution in [0.15, 0.2) is 510 Å². The molecule has 23 aromatic carbocycles. The van der Waals surface area contributed by atoms with E-state index in [-0.39, 0.29) is 0 Å². The second-order valence-corrected chi connectivity index (χ2v) is 36.8. The largest absolute Gasteiger partial charge is 0.309 e. The van der Waals surface area contributed by atoms with Crippen LogP contribution >= 0.6 is 0 Å². The summed E-state index contributed by atoms with van der Waals surface area (Å²) in [4.78, 5) is 45.6. The van der Waals surface area contributed by atoms with E-state index in [0.29, 0.717) is 52.4 Å². The van der Waals surface area contributed by atoms with Crippen molar-refractivity contribution >= 4 is 141 Å². The van der Waals surface area contributed by atoms with Crippen LogP contribution < -0.4 is 0 Å². The van der Waals surface area contributed by atoms with Gasteiger partial charge in [-0.2, -0.15) is 0 Å². The summed E-state index contributed by atoms with van der Waals surface area (Å²) in [5, 5.41) is 23.7. The molecule has 0 amide bonds. The number of benzene rings is 23. The van der Waals surface area contributed by atoms with Crippen LogP contribution in [-0.2, 0) is 0 Å². The van der Waals surface area contributed by atoms with Crippen LogP contribution in [0.5, 0.6) is 0 Å². The van der Waals surface area contributed by atoms with Gasteiger partial charge in [0, 0.05) is 99.1 Å². The number of para-hydroxylation sites is 6. The van der Waals surface area contributed by atoms with Crippen LogP contribution in [0.1, 0.15) is 0 Å². The zero-order valence-electron chi connectivity index (χ0n) is 78.4. The van der Waals surface area contributed by atoms with E-state index in [1.807, 2.05) is 30.3 Å². The van der Waals surface area contributed by atoms with Crippen LogP contribution in [-0.4, -0.2) is 58.6 Å². The van der Waals surface area contributed by atoms with E-state index in [0.717, 1.165) is 127 Å². The van der Waals surface area contributed by atoms with Gasteiger partial charge in [-0.05, 0) is 184 Å². The predicted octanol–water partition coefficient (Wildman–Crippen LogP) is 33.6. The first-order chi connectivity index (χ1) is 71.8. The first-order valence-corrected chi connectivity index (χ1v) is 48.8. The lowest BCUT2D eigenvalue weighted by atomic mass is 10.0. The molecule has 12 nitrogen and oxygen atoms in total. The van der Waals surface area contributed by atoms with Gasteiger partial charge in [0.2, 0.25) is 0 Å². The molecule has 0 atom stereocenters. The molecule has 0 aliphatic rings. The Kier molecular flexibility index (Phi) is 21.0. The second-order valence-electron chi connectivity index (χ2n) is 36.8. The fraction of sp³-hybridized carbons (Fsp3) is 0. The number of nitrogens with zero attached hydrogens (tertiary/aromatic N) is 12. The fourth-order valence-electron chi connectivity index (χ4n) is 20.9. The van der Waals surface area contributed by atoms with Crippen LogP contribution in [0.25, 0.3) is 272 Å². The molecule has 29 aromatic rings. The highest BCUT2D eigenvalue weighted by Crippen LogP contribution is 2.43. The standard InChI is InChI=1S/C47H30N4.C45H28N4.C41H26N4/c1-3-11-36-29-38(23-19-31(36)9-1)46-48-45(49-47(50-46)39-24-20-32-10-2-4-12-37(32)30-39)35-21-17-33(18-22-35)34-25-27-40(28-26-34)51-43-15-7-5-13-41(43)42-14-6-8-16-44(42)51;1-3-12-32-26-34(22-20-29(32)10-1)43-46-44(35-23-21-30-11-2-4-13-33(30)27-35)48-45(47-43)39-17-9-14-31-24-25-36(28-40(31)39)49-41-18-7-5-15-37(41)38-16-6-8-19-42(38)49;1-2-12-29(13-3-1)39-42-40(31-23-21-27-11-4-5-14-30(27)25-31)44-41(43-39)32-24-22-28-15-10-20-38(35(28)26-32)45-36-18-8-6-16-33(36)34-17-7-9-19-37(34)45/h1-30H;1-28H;1-26H. The third-order valence-electron chi connectivity index (χ3n) is 28.0. The average molecular weight is 1850 g/mol. The zero-order chi connectivity index (χ0) is 95.8. The Balaban J connectivity index is 0.000000108. The summed E-state index contributed by atoms with van der Waals surface area (Å²) in [7, 11) is 0. The Morgan fingerprint density at radius 2 is 0.352 bits per heavy atom. The van der Waals surface area contributed by atoms with E-state index >= 15 is 0 Å². The summed E-state index contributed by atoms with van der Waals surface area (Å²) in [5.74, 6) is 5.84. The molecule has 0 aliphatic heterocycles. The van der Waals surface area contributed by atoms with Crippen molar-refractivity contribution in [3.63, 3.8) is 0 Å². The first-order valence-electron chi connectivity index (χ1n) is 48.8. The van der Waals surface area contributed by atoms with Gasteiger partial charge < -0.3 is 13.7 Å². The van der Waals surface area contributed by atoms with E-state index in [4.69, 9.17) is 44.9 Å². The van der Waals surface area contributed by atoms with E-state index in [2.05, 4.69) is 493 Å². The quantitative estimate of drug-likeness (QED) is 0.111. The minimum atomic E-state index is 0.643. The third kappa shape index (κ3) is 15.7. The second kappa shape index (κ2) is 35.9. The van der Waals surface area contributed by atoms with Crippen molar-refractivity contribution < 1.29 is 0 Å². The highest BCUT2D eigenvalue weighted by molar-refractivity contribution is 6.13. The van der Waals surface area contributed by atoms with E-state index < -0.39 is 0 Å². The molecular formula is C133H84N12. The summed E-state index contributed by atoms with van der Waals surface area (Å²) in [6, 6.07) is 179. The number of aromatic nitrogens is 12. The van der Waals surface area contributed by atoms with Gasteiger partial charge in [0.15, 0.2) is 52.4 Å². The summed E-state index contributed by atoms with van der Waals surface area (Å²) in [6.07, 6.45) is 0. The molecular weight excluding hydrogens is 1770 g/mol. The molecule has 0 N–H and O–H groups in total. The van der Waals surface area contributed by atoms with Gasteiger partial charge in [-0.3, -0.25) is 0 Å². The Morgan fingerprint density at radius 3 is 0.717 bits per heavy atom. The molecule has 145 heavy (non-hydrogen) atoms. The highest BCUT2D eigenvalue weighted by atomic mass is 15.1. The Bertz CT molecular complexity index is 9840. The van der Waals surface area contributed by atoms with Gasteiger partial charge in [-0.1, -0.05) is 406 Å². The molecule has 0 unspecified atom stereocenters. The Hall–Kier alpha value is -19.7. The van der Waals surface area contributed by atoms with Gasteiger partial charge >= 0.3 is 0 Å². The lowest BCUT2D eigenvalue weighted by Gasteiger charge is -2.13. The van der Waals surface area contributed by atoms with E-state index in [9.17, 15) is 0 Å². The third-order valence-corrected chi connectivity index (χ3v) is 28.0. The monoisotopic (exact) mass is 1850 g/mol. The molecule has 0 spiro atoms. The van der Waals surface area contributed by atoms with Crippen LogP contribution in [0.3, 0.4) is 0 Å². The van der Waals surface area contributed by atoms with Gasteiger partial charge in [0.1, 0.15) is 0 Å². The molecule has 0 aliphatic carbocycles. The maximum Gasteiger partial charge on any atom is 0.164 e. The minimum absolute atomic E-state index is 0.643. The average Bonchev–Trinajstić information content (AvgIpc) is 1.52. The number of hydrogen-bond donors (Lipinski definition) is 0. The highest BCUT2D eigenvalue weighted by Gasteiger charge is 2.24. The summed E-state index contributed by atoms with van der Waals surface area (Å²) < 4.78 is 7.08. The van der Waals surface area contributed by atoms with Crippen molar-refractivity contribution in [2.75, 3.05) is 0 Å². The minimum Gasteiger partial charge on any atom is -0.309 e. The maximum atomic E-state index is 5.18. The number of hydrogen-bond acceptors (Lipinski definition) is 9. The molecule has 0 fully saturated rings. The Morgan fingerprint density at radius 1 is 0.117 bits per heavy atom. The van der Waals surface area contributed by atoms with Crippen molar-refractivity contribution in [2.24, 2.45) is 0 Å². The smallest absolute Gasteiger partial charge is 0.164 e. The van der Waals surface area contributed by atoms with Crippen LogP contribution in [0.2, 0.25) is 0 Å². The summed E-state index contributed by atoms with van der Waals surface area (Å²) in [6.45, 7) is 0. The molecule has 0 saturated heterocycles. The fourth-order valence-corrected chi connectivity index (χ4v) is 20.9. The summed E-state index contributed by atoms with van der Waals surface area (Å²) in [5.41, 5.74) is 21.4. The van der Waals surface area contributed by atoms with E-state index in [1.54, 1.807) is 0 Å². The number of fused-ring (bicyclic) bond motifs is 16. The zero-order valence-corrected chi connectivity index (χ0v) is 78.4. The molecule has 12 heteroatoms. The molecule has 0 radical (unpaired) electrons.